The van der Waals surface area contributed by atoms with Gasteiger partial charge in [0.15, 0.2) is 0 Å². The maximum absolute atomic E-state index is 12.6. The largest absolute Gasteiger partial charge is 0.395 e. The normalized spacial score (nSPS) is 56.7. The Morgan fingerprint density at radius 1 is 1.04 bits per heavy atom. The van der Waals surface area contributed by atoms with Crippen LogP contribution in [0.15, 0.2) is 0 Å². The maximum Gasteiger partial charge on any atom is 0.141 e. The molecule has 4 saturated carbocycles. The van der Waals surface area contributed by atoms with Crippen LogP contribution in [-0.4, -0.2) is 39.9 Å². The molecule has 0 radical (unpaired) electrons. The molecule has 0 saturated heterocycles. The molecule has 0 aromatic carbocycles. The van der Waals surface area contributed by atoms with Crippen molar-refractivity contribution in [1.82, 2.24) is 0 Å². The average molecular weight is 336 g/mol. The van der Waals surface area contributed by atoms with Gasteiger partial charge >= 0.3 is 0 Å². The van der Waals surface area contributed by atoms with E-state index in [1.165, 1.54) is 0 Å². The molecule has 0 aromatic heterocycles. The standard InChI is InChI=1S/C20H32O4/c1-17(11-21)15-4-3-13-9-14-10-19(13,7-8-20(14,24)12-22)18(15,2)6-5-16(17)23/h13-15,21-22,24H,3-12H2,1-2H3/t13?,14?,15?,17-,18-,19-,20+/m1/s1. The van der Waals surface area contributed by atoms with Gasteiger partial charge in [0.05, 0.1) is 24.2 Å². The first kappa shape index (κ1) is 17.0. The highest BCUT2D eigenvalue weighted by Gasteiger charge is 2.70. The molecule has 0 heterocycles. The first-order valence-electron chi connectivity index (χ1n) is 9.73. The zero-order valence-electron chi connectivity index (χ0n) is 15.1. The number of carbonyl (C=O) groups excluding carboxylic acids is 1. The molecule has 7 atom stereocenters. The van der Waals surface area contributed by atoms with Crippen LogP contribution in [0.4, 0.5) is 0 Å². The summed E-state index contributed by atoms with van der Waals surface area (Å²) in [5.74, 6) is 1.27. The fourth-order valence-corrected chi connectivity index (χ4v) is 7.73. The van der Waals surface area contributed by atoms with Crippen molar-refractivity contribution in [2.24, 2.45) is 34.0 Å². The minimum atomic E-state index is -0.904. The number of aliphatic hydroxyl groups excluding tert-OH is 2. The number of hydrogen-bond donors (Lipinski definition) is 3. The van der Waals surface area contributed by atoms with Crippen molar-refractivity contribution < 1.29 is 20.1 Å². The number of carbonyl (C=O) groups is 1. The molecule has 4 heteroatoms. The van der Waals surface area contributed by atoms with Crippen molar-refractivity contribution in [1.29, 1.82) is 0 Å². The monoisotopic (exact) mass is 336 g/mol. The molecule has 0 amide bonds. The second-order valence-corrected chi connectivity index (χ2v) is 9.80. The Bertz CT molecular complexity index is 562. The van der Waals surface area contributed by atoms with Gasteiger partial charge in [-0.05, 0) is 73.5 Å². The molecule has 1 spiro atoms. The van der Waals surface area contributed by atoms with Gasteiger partial charge < -0.3 is 15.3 Å². The highest BCUT2D eigenvalue weighted by atomic mass is 16.3. The molecular weight excluding hydrogens is 304 g/mol. The fraction of sp³-hybridized carbons (Fsp3) is 0.950. The van der Waals surface area contributed by atoms with Crippen LogP contribution in [0.3, 0.4) is 0 Å². The number of fused-ring (bicyclic) bond motifs is 2. The number of aliphatic hydroxyl groups is 3. The second-order valence-electron chi connectivity index (χ2n) is 9.80. The molecule has 0 aromatic rings. The third-order valence-electron chi connectivity index (χ3n) is 9.32. The van der Waals surface area contributed by atoms with E-state index in [1.807, 2.05) is 6.92 Å². The number of Topliss-reactive ketones (excluding diaryl/α,β-unsaturated/α-hetero) is 1. The van der Waals surface area contributed by atoms with Crippen LogP contribution in [0.5, 0.6) is 0 Å². The summed E-state index contributed by atoms with van der Waals surface area (Å²) in [5, 5.41) is 30.6. The second kappa shape index (κ2) is 5.05. The topological polar surface area (TPSA) is 77.8 Å². The van der Waals surface area contributed by atoms with Gasteiger partial charge in [-0.15, -0.1) is 0 Å². The number of hydrogen-bond acceptors (Lipinski definition) is 4. The van der Waals surface area contributed by atoms with Gasteiger partial charge in [-0.2, -0.15) is 0 Å². The Kier molecular flexibility index (Phi) is 3.57. The van der Waals surface area contributed by atoms with Crippen LogP contribution in [0.2, 0.25) is 0 Å². The lowest BCUT2D eigenvalue weighted by molar-refractivity contribution is -0.190. The van der Waals surface area contributed by atoms with Gasteiger partial charge in [-0.1, -0.05) is 13.8 Å². The molecule has 136 valence electrons. The summed E-state index contributed by atoms with van der Waals surface area (Å²) < 4.78 is 0. The van der Waals surface area contributed by atoms with E-state index in [0.29, 0.717) is 18.8 Å². The first-order chi connectivity index (χ1) is 11.3. The molecule has 4 aliphatic rings. The summed E-state index contributed by atoms with van der Waals surface area (Å²) in [6.07, 6.45) is 7.24. The Balaban J connectivity index is 1.76. The van der Waals surface area contributed by atoms with Crippen molar-refractivity contribution in [2.75, 3.05) is 13.2 Å². The Morgan fingerprint density at radius 2 is 1.79 bits per heavy atom. The van der Waals surface area contributed by atoms with Crippen LogP contribution >= 0.6 is 0 Å². The summed E-state index contributed by atoms with van der Waals surface area (Å²) >= 11 is 0. The van der Waals surface area contributed by atoms with Crippen LogP contribution in [-0.2, 0) is 4.79 Å². The zero-order chi connectivity index (χ0) is 17.4. The molecular formula is C20H32O4. The Hall–Kier alpha value is -0.450. The van der Waals surface area contributed by atoms with Crippen LogP contribution < -0.4 is 0 Å². The van der Waals surface area contributed by atoms with E-state index in [9.17, 15) is 20.1 Å². The van der Waals surface area contributed by atoms with Gasteiger partial charge in [-0.3, -0.25) is 4.79 Å². The number of ketones is 1. The van der Waals surface area contributed by atoms with E-state index < -0.39 is 11.0 Å². The summed E-state index contributed by atoms with van der Waals surface area (Å²) in [6, 6.07) is 0. The van der Waals surface area contributed by atoms with Gasteiger partial charge in [0.25, 0.3) is 0 Å². The van der Waals surface area contributed by atoms with E-state index in [2.05, 4.69) is 6.92 Å². The van der Waals surface area contributed by atoms with E-state index in [-0.39, 0.29) is 41.7 Å². The highest BCUT2D eigenvalue weighted by Crippen LogP contribution is 2.74. The van der Waals surface area contributed by atoms with Crippen LogP contribution in [0, 0.1) is 34.0 Å². The molecule has 2 bridgehead atoms. The predicted octanol–water partition coefficient (Wildman–Crippen LogP) is 2.29. The lowest BCUT2D eigenvalue weighted by atomic mass is 9.39. The zero-order valence-corrected chi connectivity index (χ0v) is 15.1. The molecule has 3 unspecified atom stereocenters. The fourth-order valence-electron chi connectivity index (χ4n) is 7.73. The van der Waals surface area contributed by atoms with Gasteiger partial charge in [0.1, 0.15) is 5.78 Å². The van der Waals surface area contributed by atoms with Crippen molar-refractivity contribution in [3.63, 3.8) is 0 Å². The molecule has 4 aliphatic carbocycles. The highest BCUT2D eigenvalue weighted by molar-refractivity contribution is 5.86. The van der Waals surface area contributed by atoms with Gasteiger partial charge in [0, 0.05) is 6.42 Å². The average Bonchev–Trinajstić information content (AvgIpc) is 2.93. The SMILES string of the molecule is C[C@]1(CO)C(=O)CC[C@]2(C)C1CCC1CC3C[C@]12CC[C@]3(O)CO. The quantitative estimate of drug-likeness (QED) is 0.723. The van der Waals surface area contributed by atoms with Gasteiger partial charge in [-0.25, -0.2) is 0 Å². The molecule has 4 rings (SSSR count). The Morgan fingerprint density at radius 3 is 2.46 bits per heavy atom. The summed E-state index contributed by atoms with van der Waals surface area (Å²) in [7, 11) is 0. The molecule has 24 heavy (non-hydrogen) atoms. The first-order valence-corrected chi connectivity index (χ1v) is 9.73. The lowest BCUT2D eigenvalue weighted by Crippen LogP contribution is -2.62. The van der Waals surface area contributed by atoms with Gasteiger partial charge in [0.2, 0.25) is 0 Å². The molecule has 4 nitrogen and oxygen atoms in total. The number of rotatable bonds is 2. The summed E-state index contributed by atoms with van der Waals surface area (Å²) in [6.45, 7) is 4.17. The van der Waals surface area contributed by atoms with Crippen molar-refractivity contribution in [3.8, 4) is 0 Å². The maximum atomic E-state index is 12.6. The molecule has 4 fully saturated rings. The minimum absolute atomic E-state index is 0.0448. The predicted molar refractivity (Wildman–Crippen MR) is 90.2 cm³/mol. The van der Waals surface area contributed by atoms with Crippen LogP contribution in [0.1, 0.15) is 65.2 Å². The van der Waals surface area contributed by atoms with Crippen molar-refractivity contribution >= 4 is 5.78 Å². The third kappa shape index (κ3) is 1.78. The van der Waals surface area contributed by atoms with E-state index in [1.54, 1.807) is 0 Å². The molecule has 3 N–H and O–H groups in total. The smallest absolute Gasteiger partial charge is 0.141 e. The summed E-state index contributed by atoms with van der Waals surface area (Å²) in [5.41, 5.74) is -1.26. The van der Waals surface area contributed by atoms with E-state index >= 15 is 0 Å². The van der Waals surface area contributed by atoms with E-state index in [0.717, 1.165) is 38.5 Å². The molecule has 0 aliphatic heterocycles. The van der Waals surface area contributed by atoms with Crippen molar-refractivity contribution in [2.45, 2.75) is 70.8 Å². The third-order valence-corrected chi connectivity index (χ3v) is 9.32. The Labute approximate surface area is 144 Å². The van der Waals surface area contributed by atoms with Crippen LogP contribution in [0.25, 0.3) is 0 Å². The van der Waals surface area contributed by atoms with Crippen molar-refractivity contribution in [3.05, 3.63) is 0 Å². The summed E-state index contributed by atoms with van der Waals surface area (Å²) in [4.78, 5) is 12.6. The minimum Gasteiger partial charge on any atom is -0.395 e. The lowest BCUT2D eigenvalue weighted by Gasteiger charge is -2.65. The van der Waals surface area contributed by atoms with E-state index in [4.69, 9.17) is 0 Å².